The van der Waals surface area contributed by atoms with E-state index in [1.54, 1.807) is 44.2 Å². The summed E-state index contributed by atoms with van der Waals surface area (Å²) in [6.45, 7) is 3.65. The summed E-state index contributed by atoms with van der Waals surface area (Å²) in [7, 11) is 0. The summed E-state index contributed by atoms with van der Waals surface area (Å²) in [6, 6.07) is 20.8. The minimum Gasteiger partial charge on any atom is -0.463 e. The van der Waals surface area contributed by atoms with Gasteiger partial charge in [0.25, 0.3) is 11.2 Å². The molecular formula is C31H22BrN3O6S. The van der Waals surface area contributed by atoms with Gasteiger partial charge in [0.2, 0.25) is 0 Å². The molecule has 210 valence electrons. The van der Waals surface area contributed by atoms with Crippen molar-refractivity contribution in [1.82, 2.24) is 4.57 Å². The summed E-state index contributed by atoms with van der Waals surface area (Å²) in [5.41, 5.74) is 1.41. The summed E-state index contributed by atoms with van der Waals surface area (Å²) in [6.07, 6.45) is 1.58. The number of carbonyl (C=O) groups is 1. The Morgan fingerprint density at radius 2 is 1.95 bits per heavy atom. The maximum atomic E-state index is 14.0. The van der Waals surface area contributed by atoms with Crippen molar-refractivity contribution >= 4 is 55.8 Å². The molecule has 0 saturated carbocycles. The molecule has 0 spiro atoms. The molecule has 2 aromatic heterocycles. The SMILES string of the molecule is CCOC(=O)C1=C(C)N=c2s/c(=C\c3ccc(-c4ccc(Br)cc4[N+](=O)[O-])o3)c(=O)n2[C@@H]1c1cccc2ccccc12. The third-order valence-corrected chi connectivity index (χ3v) is 8.43. The fourth-order valence-electron chi connectivity index (χ4n) is 5.14. The molecule has 0 fully saturated rings. The monoisotopic (exact) mass is 643 g/mol. The lowest BCUT2D eigenvalue weighted by atomic mass is 9.91. The van der Waals surface area contributed by atoms with Gasteiger partial charge in [-0.05, 0) is 54.4 Å². The van der Waals surface area contributed by atoms with Crippen LogP contribution in [0.25, 0.3) is 28.2 Å². The number of nitrogens with zero attached hydrogens (tertiary/aromatic N) is 3. The van der Waals surface area contributed by atoms with Crippen molar-refractivity contribution in [3.8, 4) is 11.3 Å². The number of hydrogen-bond donors (Lipinski definition) is 0. The smallest absolute Gasteiger partial charge is 0.338 e. The van der Waals surface area contributed by atoms with E-state index in [4.69, 9.17) is 9.15 Å². The van der Waals surface area contributed by atoms with Crippen molar-refractivity contribution in [2.45, 2.75) is 19.9 Å². The Kier molecular flexibility index (Phi) is 7.21. The van der Waals surface area contributed by atoms with Gasteiger partial charge < -0.3 is 9.15 Å². The first-order valence-electron chi connectivity index (χ1n) is 13.0. The van der Waals surface area contributed by atoms with E-state index in [-0.39, 0.29) is 17.9 Å². The predicted octanol–water partition coefficient (Wildman–Crippen LogP) is 5.88. The average Bonchev–Trinajstić information content (AvgIpc) is 3.56. The molecule has 0 amide bonds. The fraction of sp³-hybridized carbons (Fsp3) is 0.129. The van der Waals surface area contributed by atoms with Crippen molar-refractivity contribution < 1.29 is 18.9 Å². The number of rotatable bonds is 6. The number of aromatic nitrogens is 1. The third-order valence-electron chi connectivity index (χ3n) is 6.96. The molecular weight excluding hydrogens is 622 g/mol. The molecule has 5 aromatic rings. The number of allylic oxidation sites excluding steroid dienone is 1. The number of furan rings is 1. The zero-order valence-corrected chi connectivity index (χ0v) is 24.8. The second-order valence-electron chi connectivity index (χ2n) is 9.49. The molecule has 9 nitrogen and oxygen atoms in total. The van der Waals surface area contributed by atoms with Crippen LogP contribution in [-0.2, 0) is 9.53 Å². The van der Waals surface area contributed by atoms with Crippen LogP contribution in [0.3, 0.4) is 0 Å². The lowest BCUT2D eigenvalue weighted by Crippen LogP contribution is -2.40. The highest BCUT2D eigenvalue weighted by molar-refractivity contribution is 9.10. The molecule has 0 unspecified atom stereocenters. The minimum absolute atomic E-state index is 0.110. The first-order valence-corrected chi connectivity index (χ1v) is 14.6. The van der Waals surface area contributed by atoms with Crippen molar-refractivity contribution in [2.75, 3.05) is 6.61 Å². The van der Waals surface area contributed by atoms with E-state index in [1.807, 2.05) is 42.5 Å². The third kappa shape index (κ3) is 4.80. The summed E-state index contributed by atoms with van der Waals surface area (Å²) < 4.78 is 13.8. The van der Waals surface area contributed by atoms with Gasteiger partial charge in [0.15, 0.2) is 4.80 Å². The normalized spacial score (nSPS) is 15.0. The number of carbonyl (C=O) groups excluding carboxylic acids is 1. The van der Waals surface area contributed by atoms with Crippen molar-refractivity contribution in [3.63, 3.8) is 0 Å². The zero-order valence-electron chi connectivity index (χ0n) is 22.4. The highest BCUT2D eigenvalue weighted by Gasteiger charge is 2.34. The van der Waals surface area contributed by atoms with Gasteiger partial charge in [-0.15, -0.1) is 0 Å². The van der Waals surface area contributed by atoms with Gasteiger partial charge in [-0.3, -0.25) is 19.5 Å². The molecule has 0 aliphatic carbocycles. The first-order chi connectivity index (χ1) is 20.3. The standard InChI is InChI=1S/C31H22BrN3O6S/c1-3-40-30(37)27-17(2)33-31-34(28(27)22-10-6-8-18-7-4-5-9-21(18)22)29(36)26(42-31)16-20-12-14-25(41-20)23-13-11-19(32)15-24(23)35(38)39/h4-16,28H,3H2,1-2H3/b26-16-/t28-/m1/s1. The highest BCUT2D eigenvalue weighted by atomic mass is 79.9. The zero-order chi connectivity index (χ0) is 29.5. The van der Waals surface area contributed by atoms with Gasteiger partial charge in [0.05, 0.1) is 38.9 Å². The highest BCUT2D eigenvalue weighted by Crippen LogP contribution is 2.35. The number of fused-ring (bicyclic) bond motifs is 2. The van der Waals surface area contributed by atoms with Gasteiger partial charge >= 0.3 is 5.97 Å². The van der Waals surface area contributed by atoms with E-state index in [0.717, 1.165) is 16.3 Å². The van der Waals surface area contributed by atoms with Crippen LogP contribution in [0.5, 0.6) is 0 Å². The van der Waals surface area contributed by atoms with Crippen molar-refractivity contribution in [3.05, 3.63) is 130 Å². The van der Waals surface area contributed by atoms with E-state index in [2.05, 4.69) is 20.9 Å². The Morgan fingerprint density at radius 1 is 1.17 bits per heavy atom. The van der Waals surface area contributed by atoms with Crippen LogP contribution in [0.4, 0.5) is 5.69 Å². The Morgan fingerprint density at radius 3 is 2.74 bits per heavy atom. The van der Waals surface area contributed by atoms with Crippen molar-refractivity contribution in [1.29, 1.82) is 0 Å². The predicted molar refractivity (Wildman–Crippen MR) is 163 cm³/mol. The van der Waals surface area contributed by atoms with Crippen molar-refractivity contribution in [2.24, 2.45) is 4.99 Å². The van der Waals surface area contributed by atoms with Gasteiger partial charge in [0, 0.05) is 16.6 Å². The maximum absolute atomic E-state index is 14.0. The minimum atomic E-state index is -0.758. The van der Waals surface area contributed by atoms with Gasteiger partial charge in [-0.2, -0.15) is 0 Å². The van der Waals surface area contributed by atoms with Gasteiger partial charge in [-0.25, -0.2) is 9.79 Å². The van der Waals surface area contributed by atoms with Crippen LogP contribution < -0.4 is 14.9 Å². The van der Waals surface area contributed by atoms with E-state index in [1.165, 1.54) is 22.0 Å². The maximum Gasteiger partial charge on any atom is 0.338 e. The van der Waals surface area contributed by atoms with Crippen LogP contribution >= 0.6 is 27.3 Å². The Balaban J connectivity index is 1.52. The molecule has 11 heteroatoms. The van der Waals surface area contributed by atoms with Crippen LogP contribution in [-0.4, -0.2) is 22.1 Å². The molecule has 1 aliphatic rings. The molecule has 1 atom stereocenters. The molecule has 1 aliphatic heterocycles. The van der Waals surface area contributed by atoms with Gasteiger partial charge in [0.1, 0.15) is 11.5 Å². The molecule has 3 heterocycles. The molecule has 42 heavy (non-hydrogen) atoms. The quantitative estimate of drug-likeness (QED) is 0.130. The van der Waals surface area contributed by atoms with E-state index in [0.29, 0.717) is 42.2 Å². The molecule has 6 rings (SSSR count). The second kappa shape index (κ2) is 11.0. The van der Waals surface area contributed by atoms with Crippen LogP contribution in [0.1, 0.15) is 31.2 Å². The summed E-state index contributed by atoms with van der Waals surface area (Å²) in [5, 5.41) is 13.5. The average molecular weight is 645 g/mol. The van der Waals surface area contributed by atoms with Crippen LogP contribution in [0, 0.1) is 10.1 Å². The number of benzene rings is 3. The topological polar surface area (TPSA) is 117 Å². The summed E-state index contributed by atoms with van der Waals surface area (Å²) >= 11 is 4.44. The lowest BCUT2D eigenvalue weighted by molar-refractivity contribution is -0.384. The Bertz CT molecular complexity index is 2120. The number of hydrogen-bond acceptors (Lipinski definition) is 8. The molecule has 3 aromatic carbocycles. The largest absolute Gasteiger partial charge is 0.463 e. The number of ether oxygens (including phenoxy) is 1. The molecule has 0 N–H and O–H groups in total. The van der Waals surface area contributed by atoms with E-state index >= 15 is 0 Å². The molecule has 0 radical (unpaired) electrons. The van der Waals surface area contributed by atoms with E-state index < -0.39 is 16.9 Å². The molecule has 0 saturated heterocycles. The van der Waals surface area contributed by atoms with Crippen LogP contribution in [0.2, 0.25) is 0 Å². The fourth-order valence-corrected chi connectivity index (χ4v) is 6.52. The number of nitro benzene ring substituents is 1. The van der Waals surface area contributed by atoms with Gasteiger partial charge in [-0.1, -0.05) is 69.7 Å². The lowest BCUT2D eigenvalue weighted by Gasteiger charge is -2.25. The summed E-state index contributed by atoms with van der Waals surface area (Å²) in [4.78, 5) is 43.5. The number of thiazole rings is 1. The second-order valence-corrected chi connectivity index (χ2v) is 11.4. The summed E-state index contributed by atoms with van der Waals surface area (Å²) in [5.74, 6) is 0.107. The number of halogens is 1. The van der Waals surface area contributed by atoms with E-state index in [9.17, 15) is 19.7 Å². The Hall–Kier alpha value is -4.61. The first kappa shape index (κ1) is 27.6. The Labute approximate surface area is 251 Å². The number of esters is 1. The molecule has 0 bridgehead atoms. The van der Waals surface area contributed by atoms with Crippen LogP contribution in [0.15, 0.2) is 103 Å². The number of nitro groups is 1.